The van der Waals surface area contributed by atoms with Crippen LogP contribution in [0.1, 0.15) is 45.0 Å². The molecule has 5 heteroatoms. The Balaban J connectivity index is 2.80. The zero-order valence-corrected chi connectivity index (χ0v) is 11.4. The van der Waals surface area contributed by atoms with Crippen LogP contribution in [0, 0.1) is 0 Å². The molecule has 0 saturated heterocycles. The standard InChI is InChI=1S/C12H20N2O2S/c1-4-6-9-11(15)13-10(14-12(9)16)7-17-8(3)5-2/h8H,4-7H2,1-3H3,(H2,13,14,15,16). The first-order valence-electron chi connectivity index (χ1n) is 6.01. The van der Waals surface area contributed by atoms with Crippen LogP contribution in [0.3, 0.4) is 0 Å². The van der Waals surface area contributed by atoms with Crippen molar-refractivity contribution in [1.29, 1.82) is 0 Å². The lowest BCUT2D eigenvalue weighted by molar-refractivity contribution is 0.440. The van der Waals surface area contributed by atoms with E-state index in [0.717, 1.165) is 12.8 Å². The molecule has 0 bridgehead atoms. The highest BCUT2D eigenvalue weighted by molar-refractivity contribution is 7.99. The van der Waals surface area contributed by atoms with Crippen molar-refractivity contribution in [2.24, 2.45) is 0 Å². The van der Waals surface area contributed by atoms with E-state index in [1.807, 2.05) is 6.92 Å². The van der Waals surface area contributed by atoms with Gasteiger partial charge in [0.05, 0.1) is 11.3 Å². The zero-order valence-electron chi connectivity index (χ0n) is 10.6. The number of H-pyrrole nitrogens is 1. The first kappa shape index (κ1) is 14.1. The minimum Gasteiger partial charge on any atom is -0.493 e. The molecule has 0 aliphatic carbocycles. The van der Waals surface area contributed by atoms with Crippen LogP contribution in [0.5, 0.6) is 5.88 Å². The second-order valence-corrected chi connectivity index (χ2v) is 5.52. The molecule has 1 atom stereocenters. The molecule has 96 valence electrons. The third kappa shape index (κ3) is 4.07. The summed E-state index contributed by atoms with van der Waals surface area (Å²) in [6.07, 6.45) is 2.46. The van der Waals surface area contributed by atoms with Crippen molar-refractivity contribution in [2.45, 2.75) is 51.0 Å². The second-order valence-electron chi connectivity index (χ2n) is 4.09. The lowest BCUT2D eigenvalue weighted by Gasteiger charge is -2.08. The van der Waals surface area contributed by atoms with E-state index in [4.69, 9.17) is 0 Å². The number of hydrogen-bond donors (Lipinski definition) is 2. The fourth-order valence-corrected chi connectivity index (χ4v) is 2.23. The Bertz CT molecular complexity index is 417. The quantitative estimate of drug-likeness (QED) is 0.820. The molecule has 0 amide bonds. The first-order chi connectivity index (χ1) is 8.08. The number of aromatic nitrogens is 2. The van der Waals surface area contributed by atoms with Crippen LogP contribution in [0.25, 0.3) is 0 Å². The maximum atomic E-state index is 11.7. The molecular weight excluding hydrogens is 236 g/mol. The number of thioether (sulfide) groups is 1. The molecule has 1 aromatic heterocycles. The van der Waals surface area contributed by atoms with Gasteiger partial charge in [0, 0.05) is 5.25 Å². The molecule has 0 saturated carbocycles. The summed E-state index contributed by atoms with van der Waals surface area (Å²) in [6.45, 7) is 6.22. The number of hydrogen-bond acceptors (Lipinski definition) is 4. The summed E-state index contributed by atoms with van der Waals surface area (Å²) in [6, 6.07) is 0. The lowest BCUT2D eigenvalue weighted by atomic mass is 10.2. The summed E-state index contributed by atoms with van der Waals surface area (Å²) in [4.78, 5) is 18.5. The van der Waals surface area contributed by atoms with Crippen LogP contribution in [-0.4, -0.2) is 20.3 Å². The summed E-state index contributed by atoms with van der Waals surface area (Å²) >= 11 is 1.72. The molecule has 1 heterocycles. The van der Waals surface area contributed by atoms with Gasteiger partial charge in [0.1, 0.15) is 5.82 Å². The Morgan fingerprint density at radius 1 is 1.47 bits per heavy atom. The monoisotopic (exact) mass is 256 g/mol. The van der Waals surface area contributed by atoms with Crippen LogP contribution in [0.15, 0.2) is 4.79 Å². The summed E-state index contributed by atoms with van der Waals surface area (Å²) in [5.74, 6) is 1.07. The van der Waals surface area contributed by atoms with Gasteiger partial charge in [0.15, 0.2) is 0 Å². The number of aromatic amines is 1. The highest BCUT2D eigenvalue weighted by Crippen LogP contribution is 2.19. The molecule has 0 aliphatic rings. The third-order valence-electron chi connectivity index (χ3n) is 2.62. The van der Waals surface area contributed by atoms with Crippen molar-refractivity contribution in [1.82, 2.24) is 9.97 Å². The van der Waals surface area contributed by atoms with Gasteiger partial charge >= 0.3 is 0 Å². The number of nitrogens with zero attached hydrogens (tertiary/aromatic N) is 1. The number of aromatic hydroxyl groups is 1. The smallest absolute Gasteiger partial charge is 0.257 e. The van der Waals surface area contributed by atoms with Gasteiger partial charge in [-0.2, -0.15) is 16.7 Å². The largest absolute Gasteiger partial charge is 0.493 e. The Morgan fingerprint density at radius 2 is 2.18 bits per heavy atom. The molecule has 0 spiro atoms. The first-order valence-corrected chi connectivity index (χ1v) is 7.05. The van der Waals surface area contributed by atoms with Crippen LogP contribution >= 0.6 is 11.8 Å². The highest BCUT2D eigenvalue weighted by atomic mass is 32.2. The normalized spacial score (nSPS) is 12.6. The van der Waals surface area contributed by atoms with Crippen molar-refractivity contribution < 1.29 is 5.11 Å². The minimum atomic E-state index is -0.209. The van der Waals surface area contributed by atoms with Gasteiger partial charge in [-0.3, -0.25) is 4.79 Å². The van der Waals surface area contributed by atoms with Crippen molar-refractivity contribution in [3.63, 3.8) is 0 Å². The summed E-state index contributed by atoms with van der Waals surface area (Å²) in [7, 11) is 0. The van der Waals surface area contributed by atoms with Crippen molar-refractivity contribution >= 4 is 11.8 Å². The van der Waals surface area contributed by atoms with E-state index in [9.17, 15) is 9.90 Å². The van der Waals surface area contributed by atoms with Crippen LogP contribution in [0.2, 0.25) is 0 Å². The molecule has 0 fully saturated rings. The topological polar surface area (TPSA) is 66.0 Å². The SMILES string of the molecule is CCCc1c(O)nc(CSC(C)CC)[nH]c1=O. The Hall–Kier alpha value is -0.970. The molecule has 1 unspecified atom stereocenters. The maximum absolute atomic E-state index is 11.7. The van der Waals surface area contributed by atoms with E-state index >= 15 is 0 Å². The van der Waals surface area contributed by atoms with Crippen LogP contribution in [0.4, 0.5) is 0 Å². The Kier molecular flexibility index (Phi) is 5.55. The fraction of sp³-hybridized carbons (Fsp3) is 0.667. The van der Waals surface area contributed by atoms with Gasteiger partial charge in [-0.25, -0.2) is 0 Å². The lowest BCUT2D eigenvalue weighted by Crippen LogP contribution is -2.16. The average Bonchev–Trinajstić information content (AvgIpc) is 2.30. The van der Waals surface area contributed by atoms with Gasteiger partial charge in [-0.1, -0.05) is 27.2 Å². The van der Waals surface area contributed by atoms with E-state index < -0.39 is 0 Å². The predicted octanol–water partition coefficient (Wildman–Crippen LogP) is 2.46. The molecule has 17 heavy (non-hydrogen) atoms. The minimum absolute atomic E-state index is 0.115. The summed E-state index contributed by atoms with van der Waals surface area (Å²) in [5.41, 5.74) is 0.184. The third-order valence-corrected chi connectivity index (χ3v) is 3.96. The van der Waals surface area contributed by atoms with E-state index in [-0.39, 0.29) is 11.4 Å². The zero-order chi connectivity index (χ0) is 12.8. The van der Waals surface area contributed by atoms with Crippen LogP contribution < -0.4 is 5.56 Å². The van der Waals surface area contributed by atoms with Gasteiger partial charge < -0.3 is 10.1 Å². The molecule has 0 aromatic carbocycles. The van der Waals surface area contributed by atoms with Gasteiger partial charge in [-0.15, -0.1) is 0 Å². The molecule has 1 rings (SSSR count). The van der Waals surface area contributed by atoms with E-state index in [0.29, 0.717) is 28.8 Å². The molecular formula is C12H20N2O2S. The average molecular weight is 256 g/mol. The second kappa shape index (κ2) is 6.69. The molecule has 0 radical (unpaired) electrons. The van der Waals surface area contributed by atoms with E-state index in [1.165, 1.54) is 0 Å². The Morgan fingerprint density at radius 3 is 2.71 bits per heavy atom. The number of nitrogens with one attached hydrogen (secondary N) is 1. The number of rotatable bonds is 6. The molecule has 0 aliphatic heterocycles. The van der Waals surface area contributed by atoms with Gasteiger partial charge in [-0.05, 0) is 12.8 Å². The highest BCUT2D eigenvalue weighted by Gasteiger charge is 2.10. The van der Waals surface area contributed by atoms with Gasteiger partial charge in [0.25, 0.3) is 5.56 Å². The summed E-state index contributed by atoms with van der Waals surface area (Å²) < 4.78 is 0. The predicted molar refractivity (Wildman–Crippen MR) is 71.6 cm³/mol. The van der Waals surface area contributed by atoms with E-state index in [2.05, 4.69) is 23.8 Å². The van der Waals surface area contributed by atoms with E-state index in [1.54, 1.807) is 11.8 Å². The molecule has 2 N–H and O–H groups in total. The maximum Gasteiger partial charge on any atom is 0.257 e. The van der Waals surface area contributed by atoms with Gasteiger partial charge in [0.2, 0.25) is 5.88 Å². The van der Waals surface area contributed by atoms with Crippen molar-refractivity contribution in [3.8, 4) is 5.88 Å². The fourth-order valence-electron chi connectivity index (χ4n) is 1.41. The van der Waals surface area contributed by atoms with Crippen LogP contribution in [-0.2, 0) is 12.2 Å². The van der Waals surface area contributed by atoms with Crippen molar-refractivity contribution in [2.75, 3.05) is 0 Å². The van der Waals surface area contributed by atoms with Crippen molar-refractivity contribution in [3.05, 3.63) is 21.7 Å². The molecule has 4 nitrogen and oxygen atoms in total. The Labute approximate surface area is 106 Å². The molecule has 1 aromatic rings. The summed E-state index contributed by atoms with van der Waals surface area (Å²) in [5, 5.41) is 10.2.